The van der Waals surface area contributed by atoms with Crippen molar-refractivity contribution < 1.29 is 4.79 Å². The lowest BCUT2D eigenvalue weighted by Gasteiger charge is -2.12. The van der Waals surface area contributed by atoms with Crippen LogP contribution in [0.3, 0.4) is 0 Å². The summed E-state index contributed by atoms with van der Waals surface area (Å²) in [6, 6.07) is 10.2. The van der Waals surface area contributed by atoms with E-state index < -0.39 is 0 Å². The molecule has 3 aromatic rings. The number of imidazole rings is 1. The molecular formula is C19H23N5O. The Bertz CT molecular complexity index is 935. The van der Waals surface area contributed by atoms with Crippen molar-refractivity contribution >= 4 is 16.9 Å². The molecule has 130 valence electrons. The van der Waals surface area contributed by atoms with E-state index in [4.69, 9.17) is 0 Å². The third-order valence-corrected chi connectivity index (χ3v) is 5.13. The van der Waals surface area contributed by atoms with Crippen molar-refractivity contribution in [2.45, 2.75) is 39.3 Å². The average molecular weight is 337 g/mol. The molecule has 0 saturated heterocycles. The molecule has 1 atom stereocenters. The molecular weight excluding hydrogens is 314 g/mol. The molecule has 2 heterocycles. The molecule has 2 aromatic heterocycles. The number of benzene rings is 1. The van der Waals surface area contributed by atoms with Gasteiger partial charge in [-0.3, -0.25) is 9.48 Å². The van der Waals surface area contributed by atoms with E-state index in [1.807, 2.05) is 53.6 Å². The van der Waals surface area contributed by atoms with Gasteiger partial charge in [0.15, 0.2) is 0 Å². The van der Waals surface area contributed by atoms with Gasteiger partial charge in [-0.25, -0.2) is 4.98 Å². The van der Waals surface area contributed by atoms with Crippen molar-refractivity contribution in [2.75, 3.05) is 0 Å². The lowest BCUT2D eigenvalue weighted by atomic mass is 10.2. The van der Waals surface area contributed by atoms with Crippen LogP contribution in [-0.2, 0) is 13.6 Å². The number of rotatable bonds is 5. The molecule has 0 unspecified atom stereocenters. The smallest absolute Gasteiger partial charge is 0.272 e. The summed E-state index contributed by atoms with van der Waals surface area (Å²) in [4.78, 5) is 17.1. The third-order valence-electron chi connectivity index (χ3n) is 5.13. The highest BCUT2D eigenvalue weighted by atomic mass is 16.1. The molecule has 1 fully saturated rings. The molecule has 6 heteroatoms. The summed E-state index contributed by atoms with van der Waals surface area (Å²) in [6.07, 6.45) is 2.52. The van der Waals surface area contributed by atoms with Gasteiger partial charge in [0, 0.05) is 12.7 Å². The van der Waals surface area contributed by atoms with Crippen molar-refractivity contribution in [2.24, 2.45) is 13.0 Å². The predicted molar refractivity (Wildman–Crippen MR) is 96.3 cm³/mol. The van der Waals surface area contributed by atoms with Crippen LogP contribution in [0.2, 0.25) is 0 Å². The van der Waals surface area contributed by atoms with Crippen LogP contribution in [-0.4, -0.2) is 25.2 Å². The zero-order chi connectivity index (χ0) is 17.6. The molecule has 0 aliphatic heterocycles. The number of aromatic nitrogens is 4. The molecule has 1 aliphatic rings. The van der Waals surface area contributed by atoms with Gasteiger partial charge in [0.2, 0.25) is 0 Å². The first-order valence-electron chi connectivity index (χ1n) is 8.79. The number of fused-ring (bicyclic) bond motifs is 1. The Kier molecular flexibility index (Phi) is 3.82. The quantitative estimate of drug-likeness (QED) is 0.778. The minimum atomic E-state index is -0.156. The van der Waals surface area contributed by atoms with Crippen LogP contribution in [0.5, 0.6) is 0 Å². The second kappa shape index (κ2) is 6.02. The number of carbonyl (C=O) groups excluding carboxylic acids is 1. The van der Waals surface area contributed by atoms with Gasteiger partial charge in [0.25, 0.3) is 5.91 Å². The third kappa shape index (κ3) is 2.92. The van der Waals surface area contributed by atoms with Gasteiger partial charge in [-0.1, -0.05) is 12.1 Å². The maximum absolute atomic E-state index is 12.5. The summed E-state index contributed by atoms with van der Waals surface area (Å²) >= 11 is 0. The topological polar surface area (TPSA) is 64.7 Å². The molecule has 1 N–H and O–H groups in total. The summed E-state index contributed by atoms with van der Waals surface area (Å²) in [6.45, 7) is 4.57. The highest BCUT2D eigenvalue weighted by Gasteiger charge is 2.30. The van der Waals surface area contributed by atoms with Gasteiger partial charge in [-0.15, -0.1) is 0 Å². The SMILES string of the molecule is Cc1cc(C(=O)NCc2nc3ccccc3n2C)nn1[C@@H](C)C1CC1. The van der Waals surface area contributed by atoms with E-state index in [0.29, 0.717) is 24.2 Å². The average Bonchev–Trinajstić information content (AvgIpc) is 3.32. The Hall–Kier alpha value is -2.63. The Morgan fingerprint density at radius 3 is 2.84 bits per heavy atom. The number of aryl methyl sites for hydroxylation is 2. The number of hydrogen-bond donors (Lipinski definition) is 1. The Balaban J connectivity index is 1.48. The standard InChI is InChI=1S/C19H23N5O/c1-12-10-16(22-24(12)13(2)14-8-9-14)19(25)20-11-18-21-15-6-4-5-7-17(15)23(18)3/h4-7,10,13-14H,8-9,11H2,1-3H3,(H,20,25)/t13-/m0/s1. The van der Waals surface area contributed by atoms with E-state index in [2.05, 4.69) is 22.3 Å². The lowest BCUT2D eigenvalue weighted by molar-refractivity contribution is 0.0943. The van der Waals surface area contributed by atoms with E-state index in [-0.39, 0.29) is 5.91 Å². The first-order chi connectivity index (χ1) is 12.0. The summed E-state index contributed by atoms with van der Waals surface area (Å²) in [5, 5.41) is 7.47. The second-order valence-electron chi connectivity index (χ2n) is 6.95. The van der Waals surface area contributed by atoms with Crippen LogP contribution < -0.4 is 5.32 Å². The predicted octanol–water partition coefficient (Wildman–Crippen LogP) is 2.98. The highest BCUT2D eigenvalue weighted by Crippen LogP contribution is 2.39. The molecule has 4 rings (SSSR count). The van der Waals surface area contributed by atoms with Crippen molar-refractivity contribution in [3.05, 3.63) is 47.5 Å². The maximum Gasteiger partial charge on any atom is 0.272 e. The number of carbonyl (C=O) groups is 1. The Labute approximate surface area is 146 Å². The number of nitrogens with zero attached hydrogens (tertiary/aromatic N) is 4. The van der Waals surface area contributed by atoms with Crippen LogP contribution >= 0.6 is 0 Å². The largest absolute Gasteiger partial charge is 0.343 e. The summed E-state index contributed by atoms with van der Waals surface area (Å²) in [5.41, 5.74) is 3.51. The van der Waals surface area contributed by atoms with E-state index >= 15 is 0 Å². The number of amides is 1. The van der Waals surface area contributed by atoms with Crippen LogP contribution in [0.4, 0.5) is 0 Å². The normalized spacial score (nSPS) is 15.5. The summed E-state index contributed by atoms with van der Waals surface area (Å²) in [7, 11) is 1.97. The first-order valence-corrected chi connectivity index (χ1v) is 8.79. The molecule has 1 amide bonds. The fraction of sp³-hybridized carbons (Fsp3) is 0.421. The summed E-state index contributed by atoms with van der Waals surface area (Å²) in [5.74, 6) is 1.38. The van der Waals surface area contributed by atoms with Gasteiger partial charge < -0.3 is 9.88 Å². The van der Waals surface area contributed by atoms with Gasteiger partial charge >= 0.3 is 0 Å². The van der Waals surface area contributed by atoms with Crippen molar-refractivity contribution in [1.82, 2.24) is 24.6 Å². The highest BCUT2D eigenvalue weighted by molar-refractivity contribution is 5.92. The van der Waals surface area contributed by atoms with Crippen molar-refractivity contribution in [3.63, 3.8) is 0 Å². The van der Waals surface area contributed by atoms with Gasteiger partial charge in [0.1, 0.15) is 11.5 Å². The lowest BCUT2D eigenvalue weighted by Crippen LogP contribution is -2.25. The van der Waals surface area contributed by atoms with Crippen molar-refractivity contribution in [3.8, 4) is 0 Å². The van der Waals surface area contributed by atoms with E-state index in [0.717, 1.165) is 22.6 Å². The number of para-hydroxylation sites is 2. The maximum atomic E-state index is 12.5. The van der Waals surface area contributed by atoms with Crippen LogP contribution in [0, 0.1) is 12.8 Å². The summed E-state index contributed by atoms with van der Waals surface area (Å²) < 4.78 is 4.00. The van der Waals surface area contributed by atoms with E-state index in [1.54, 1.807) is 0 Å². The molecule has 0 bridgehead atoms. The van der Waals surface area contributed by atoms with Crippen molar-refractivity contribution in [1.29, 1.82) is 0 Å². The zero-order valence-electron chi connectivity index (χ0n) is 14.9. The minimum Gasteiger partial charge on any atom is -0.343 e. The fourth-order valence-corrected chi connectivity index (χ4v) is 3.39. The van der Waals surface area contributed by atoms with Crippen LogP contribution in [0.25, 0.3) is 11.0 Å². The molecule has 0 radical (unpaired) electrons. The number of hydrogen-bond acceptors (Lipinski definition) is 3. The zero-order valence-corrected chi connectivity index (χ0v) is 14.9. The van der Waals surface area contributed by atoms with Gasteiger partial charge in [-0.2, -0.15) is 5.10 Å². The van der Waals surface area contributed by atoms with Gasteiger partial charge in [-0.05, 0) is 50.8 Å². The molecule has 6 nitrogen and oxygen atoms in total. The monoisotopic (exact) mass is 337 g/mol. The van der Waals surface area contributed by atoms with Gasteiger partial charge in [0.05, 0.1) is 23.6 Å². The Morgan fingerprint density at radius 2 is 2.12 bits per heavy atom. The first kappa shape index (κ1) is 15.9. The van der Waals surface area contributed by atoms with Crippen LogP contribution in [0.1, 0.15) is 47.8 Å². The van der Waals surface area contributed by atoms with E-state index in [9.17, 15) is 4.79 Å². The molecule has 1 saturated carbocycles. The van der Waals surface area contributed by atoms with Crippen LogP contribution in [0.15, 0.2) is 30.3 Å². The molecule has 25 heavy (non-hydrogen) atoms. The minimum absolute atomic E-state index is 0.156. The molecule has 0 spiro atoms. The van der Waals surface area contributed by atoms with E-state index in [1.165, 1.54) is 12.8 Å². The molecule has 1 aliphatic carbocycles. The Morgan fingerprint density at radius 1 is 1.36 bits per heavy atom. The molecule has 1 aromatic carbocycles. The second-order valence-corrected chi connectivity index (χ2v) is 6.95. The fourth-order valence-electron chi connectivity index (χ4n) is 3.39. The number of nitrogens with one attached hydrogen (secondary N) is 1.